The summed E-state index contributed by atoms with van der Waals surface area (Å²) in [6, 6.07) is 0. The van der Waals surface area contributed by atoms with E-state index in [4.69, 9.17) is 37.0 Å². The van der Waals surface area contributed by atoms with Gasteiger partial charge in [-0.05, 0) is 37.5 Å². The Bertz CT molecular complexity index is 1810. The third-order valence-corrected chi connectivity index (χ3v) is 19.5. The number of hydrogen-bond acceptors (Lipinski definition) is 15. The van der Waals surface area contributed by atoms with E-state index in [-0.39, 0.29) is 25.7 Å². The Hall–Kier alpha value is -1.94. The molecule has 0 aromatic heterocycles. The number of aliphatic hydroxyl groups excluding tert-OH is 1. The van der Waals surface area contributed by atoms with Crippen molar-refractivity contribution in [3.05, 3.63) is 0 Å². The van der Waals surface area contributed by atoms with Gasteiger partial charge >= 0.3 is 39.5 Å². The maximum atomic E-state index is 13.1. The highest BCUT2D eigenvalue weighted by atomic mass is 31.2. The van der Waals surface area contributed by atoms with Crippen LogP contribution in [0.25, 0.3) is 0 Å². The zero-order valence-electron chi connectivity index (χ0n) is 60.6. The Balaban J connectivity index is 5.20. The summed E-state index contributed by atoms with van der Waals surface area (Å²) in [7, 11) is -9.90. The summed E-state index contributed by atoms with van der Waals surface area (Å²) in [5.41, 5.74) is 0. The van der Waals surface area contributed by atoms with Crippen molar-refractivity contribution < 1.29 is 80.2 Å². The first kappa shape index (κ1) is 91.1. The van der Waals surface area contributed by atoms with Crippen LogP contribution in [0.1, 0.15) is 382 Å². The number of carbonyl (C=O) groups excluding carboxylic acids is 4. The number of unbranched alkanes of at least 4 members (excludes halogenated alkanes) is 42. The second-order valence-corrected chi connectivity index (χ2v) is 30.3. The molecule has 0 aromatic rings. The Kier molecular flexibility index (Phi) is 64.6. The van der Waals surface area contributed by atoms with Gasteiger partial charge in [0, 0.05) is 25.7 Å². The fourth-order valence-corrected chi connectivity index (χ4v) is 12.8. The fourth-order valence-electron chi connectivity index (χ4n) is 11.3. The topological polar surface area (TPSA) is 237 Å². The molecule has 0 fully saturated rings. The quantitative estimate of drug-likeness (QED) is 0.0222. The second kappa shape index (κ2) is 66.0. The van der Waals surface area contributed by atoms with Crippen molar-refractivity contribution in [1.82, 2.24) is 0 Å². The van der Waals surface area contributed by atoms with Crippen molar-refractivity contribution in [2.45, 2.75) is 400 Å². The molecule has 0 saturated heterocycles. The Morgan fingerprint density at radius 2 is 0.548 bits per heavy atom. The largest absolute Gasteiger partial charge is 0.472 e. The highest BCUT2D eigenvalue weighted by Gasteiger charge is 2.30. The van der Waals surface area contributed by atoms with Crippen molar-refractivity contribution in [2.75, 3.05) is 39.6 Å². The molecule has 0 heterocycles. The van der Waals surface area contributed by atoms with Gasteiger partial charge < -0.3 is 33.8 Å². The van der Waals surface area contributed by atoms with E-state index >= 15 is 0 Å². The standard InChI is InChI=1S/C74H144O17P2/c1-7-10-12-14-16-17-18-28-34-40-46-52-58-73(78)90-69(62-84-71(76)56-50-44-36-15-13-11-8-2)64-88-92(80,81)86-60-68(75)61-87-93(82,83)89-65-70(63-85-72(77)57-51-45-39-33-29-25-21-22-26-31-37-42-48-54-66(4)5)91-74(79)59-53-47-41-35-30-24-20-19-23-27-32-38-43-49-55-67(6)9-3/h66-70,75H,7-65H2,1-6H3,(H,80,81)(H,82,83)/t67?,68-,69+,70+/m0/s1. The summed E-state index contributed by atoms with van der Waals surface area (Å²) < 4.78 is 68.3. The number of rotatable bonds is 73. The van der Waals surface area contributed by atoms with E-state index in [0.29, 0.717) is 25.7 Å². The molecule has 0 amide bonds. The molecular weight excluding hydrogens is 1220 g/mol. The summed E-state index contributed by atoms with van der Waals surface area (Å²) in [4.78, 5) is 72.6. The van der Waals surface area contributed by atoms with Gasteiger partial charge in [-0.15, -0.1) is 0 Å². The predicted octanol–water partition coefficient (Wildman–Crippen LogP) is 21.6. The lowest BCUT2D eigenvalue weighted by Crippen LogP contribution is -2.30. The molecule has 93 heavy (non-hydrogen) atoms. The van der Waals surface area contributed by atoms with E-state index in [2.05, 4.69) is 41.5 Å². The van der Waals surface area contributed by atoms with Crippen LogP contribution in [0.3, 0.4) is 0 Å². The van der Waals surface area contributed by atoms with E-state index in [9.17, 15) is 43.2 Å². The van der Waals surface area contributed by atoms with Crippen LogP contribution in [-0.2, 0) is 65.4 Å². The maximum Gasteiger partial charge on any atom is 0.472 e. The van der Waals surface area contributed by atoms with E-state index < -0.39 is 97.5 Å². The molecular formula is C74H144O17P2. The van der Waals surface area contributed by atoms with Crippen molar-refractivity contribution in [3.63, 3.8) is 0 Å². The number of phosphoric acid groups is 2. The molecule has 0 aromatic carbocycles. The summed E-state index contributed by atoms with van der Waals surface area (Å²) in [6.45, 7) is 9.61. The van der Waals surface area contributed by atoms with Gasteiger partial charge in [0.15, 0.2) is 12.2 Å². The Morgan fingerprint density at radius 1 is 0.312 bits per heavy atom. The predicted molar refractivity (Wildman–Crippen MR) is 377 cm³/mol. The minimum atomic E-state index is -4.95. The number of hydrogen-bond donors (Lipinski definition) is 3. The molecule has 0 aliphatic rings. The average Bonchev–Trinajstić information content (AvgIpc) is 2.15. The van der Waals surface area contributed by atoms with Crippen LogP contribution in [0.15, 0.2) is 0 Å². The van der Waals surface area contributed by atoms with Gasteiger partial charge in [-0.25, -0.2) is 9.13 Å². The number of carbonyl (C=O) groups is 4. The molecule has 552 valence electrons. The van der Waals surface area contributed by atoms with Crippen LogP contribution in [0.5, 0.6) is 0 Å². The van der Waals surface area contributed by atoms with Crippen LogP contribution >= 0.6 is 15.6 Å². The number of phosphoric ester groups is 2. The lowest BCUT2D eigenvalue weighted by Gasteiger charge is -2.21. The lowest BCUT2D eigenvalue weighted by atomic mass is 9.99. The Labute approximate surface area is 568 Å². The molecule has 0 radical (unpaired) electrons. The number of aliphatic hydroxyl groups is 1. The van der Waals surface area contributed by atoms with Crippen LogP contribution in [0, 0.1) is 11.8 Å². The van der Waals surface area contributed by atoms with Gasteiger partial charge in [0.1, 0.15) is 19.3 Å². The van der Waals surface area contributed by atoms with Crippen LogP contribution in [0.2, 0.25) is 0 Å². The lowest BCUT2D eigenvalue weighted by molar-refractivity contribution is -0.161. The average molecular weight is 1370 g/mol. The van der Waals surface area contributed by atoms with Gasteiger partial charge in [0.2, 0.25) is 0 Å². The van der Waals surface area contributed by atoms with Gasteiger partial charge in [0.25, 0.3) is 0 Å². The molecule has 3 unspecified atom stereocenters. The third-order valence-electron chi connectivity index (χ3n) is 17.6. The minimum absolute atomic E-state index is 0.107. The summed E-state index contributed by atoms with van der Waals surface area (Å²) in [5.74, 6) is -0.484. The van der Waals surface area contributed by atoms with Crippen molar-refractivity contribution in [3.8, 4) is 0 Å². The van der Waals surface area contributed by atoms with Gasteiger partial charge in [0.05, 0.1) is 26.4 Å². The number of esters is 4. The maximum absolute atomic E-state index is 13.1. The zero-order chi connectivity index (χ0) is 68.6. The monoisotopic (exact) mass is 1370 g/mol. The first-order chi connectivity index (χ1) is 44.9. The highest BCUT2D eigenvalue weighted by Crippen LogP contribution is 2.45. The van der Waals surface area contributed by atoms with Crippen LogP contribution in [0.4, 0.5) is 0 Å². The smallest absolute Gasteiger partial charge is 0.462 e. The molecule has 6 atom stereocenters. The molecule has 19 heteroatoms. The molecule has 0 saturated carbocycles. The van der Waals surface area contributed by atoms with E-state index in [1.807, 2.05) is 0 Å². The highest BCUT2D eigenvalue weighted by molar-refractivity contribution is 7.47. The fraction of sp³-hybridized carbons (Fsp3) is 0.946. The first-order valence-electron chi connectivity index (χ1n) is 38.5. The molecule has 0 spiro atoms. The molecule has 17 nitrogen and oxygen atoms in total. The molecule has 0 aliphatic heterocycles. The van der Waals surface area contributed by atoms with Gasteiger partial charge in [-0.1, -0.05) is 330 Å². The van der Waals surface area contributed by atoms with E-state index in [1.54, 1.807) is 0 Å². The SMILES string of the molecule is CCCCCCCCCCCCCCC(=O)O[C@H](COC(=O)CCCCCCCCC)COP(=O)(O)OC[C@H](O)COP(=O)(O)OC[C@@H](COC(=O)CCCCCCCCCCCCCCCC(C)C)OC(=O)CCCCCCCCCCCCCCCCC(C)CC. The molecule has 0 aliphatic carbocycles. The summed E-state index contributed by atoms with van der Waals surface area (Å²) >= 11 is 0. The van der Waals surface area contributed by atoms with E-state index in [1.165, 1.54) is 186 Å². The van der Waals surface area contributed by atoms with Crippen LogP contribution < -0.4 is 0 Å². The van der Waals surface area contributed by atoms with Gasteiger partial charge in [-0.3, -0.25) is 37.3 Å². The Morgan fingerprint density at radius 3 is 0.817 bits per heavy atom. The zero-order valence-corrected chi connectivity index (χ0v) is 62.3. The second-order valence-electron chi connectivity index (χ2n) is 27.4. The van der Waals surface area contributed by atoms with Gasteiger partial charge in [-0.2, -0.15) is 0 Å². The minimum Gasteiger partial charge on any atom is -0.462 e. The molecule has 0 rings (SSSR count). The molecule has 0 bridgehead atoms. The van der Waals surface area contributed by atoms with Crippen molar-refractivity contribution in [2.24, 2.45) is 11.8 Å². The molecule has 3 N–H and O–H groups in total. The third kappa shape index (κ3) is 67.0. The number of ether oxygens (including phenoxy) is 4. The normalized spacial score (nSPS) is 14.3. The van der Waals surface area contributed by atoms with Crippen molar-refractivity contribution in [1.29, 1.82) is 0 Å². The van der Waals surface area contributed by atoms with E-state index in [0.717, 1.165) is 115 Å². The summed E-state index contributed by atoms with van der Waals surface area (Å²) in [5, 5.41) is 10.6. The van der Waals surface area contributed by atoms with Crippen molar-refractivity contribution >= 4 is 39.5 Å². The first-order valence-corrected chi connectivity index (χ1v) is 41.5. The summed E-state index contributed by atoms with van der Waals surface area (Å²) in [6.07, 6.45) is 52.7. The van der Waals surface area contributed by atoms with Crippen LogP contribution in [-0.4, -0.2) is 96.7 Å².